The van der Waals surface area contributed by atoms with Crippen LogP contribution in [0.2, 0.25) is 0 Å². The molecule has 1 aromatic carbocycles. The quantitative estimate of drug-likeness (QED) is 0.448. The first-order valence-corrected chi connectivity index (χ1v) is 9.92. The van der Waals surface area contributed by atoms with Crippen molar-refractivity contribution in [2.24, 2.45) is 0 Å². The molecular weight excluding hydrogens is 410 g/mol. The molecule has 0 saturated heterocycles. The summed E-state index contributed by atoms with van der Waals surface area (Å²) in [5.41, 5.74) is -0.0457. The Labute approximate surface area is 156 Å². The average molecular weight is 423 g/mol. The van der Waals surface area contributed by atoms with Gasteiger partial charge in [0.25, 0.3) is 0 Å². The Morgan fingerprint density at radius 3 is 2.44 bits per heavy atom. The van der Waals surface area contributed by atoms with Gasteiger partial charge in [0.2, 0.25) is 15.9 Å². The van der Waals surface area contributed by atoms with Crippen molar-refractivity contribution in [3.05, 3.63) is 51.1 Å². The molecule has 1 aliphatic rings. The summed E-state index contributed by atoms with van der Waals surface area (Å²) in [6.07, 6.45) is 0.414. The number of hydrogen-bond donors (Lipinski definition) is 2. The number of rotatable bonds is 4. The zero-order valence-electron chi connectivity index (χ0n) is 13.8. The Morgan fingerprint density at radius 1 is 1.30 bits per heavy atom. The number of nitrogens with one attached hydrogen (secondary N) is 2. The van der Waals surface area contributed by atoms with Crippen molar-refractivity contribution in [2.75, 3.05) is 6.26 Å². The lowest BCUT2D eigenvalue weighted by molar-refractivity contribution is -0.118. The number of carbonyl (C=O) groups is 1. The normalized spacial score (nSPS) is 16.4. The predicted octanol–water partition coefficient (Wildman–Crippen LogP) is 2.06. The van der Waals surface area contributed by atoms with Gasteiger partial charge in [-0.3, -0.25) is 9.52 Å². The Balaban J connectivity index is 1.93. The van der Waals surface area contributed by atoms with Crippen LogP contribution in [0.5, 0.6) is 0 Å². The molecule has 1 aromatic heterocycles. The number of hydrogen-bond acceptors (Lipinski definition) is 4. The number of benzene rings is 1. The molecule has 12 heteroatoms. The number of H-pyrrole nitrogens is 1. The highest BCUT2D eigenvalue weighted by atomic mass is 32.2. The van der Waals surface area contributed by atoms with Crippen LogP contribution in [-0.4, -0.2) is 30.1 Å². The molecule has 2 heterocycles. The van der Waals surface area contributed by atoms with E-state index in [0.29, 0.717) is 5.69 Å². The first-order valence-electron chi connectivity index (χ1n) is 7.62. The molecule has 0 radical (unpaired) electrons. The summed E-state index contributed by atoms with van der Waals surface area (Å²) >= 11 is 5.10. The van der Waals surface area contributed by atoms with Gasteiger partial charge in [-0.05, 0) is 18.6 Å². The maximum absolute atomic E-state index is 14.1. The molecule has 0 saturated carbocycles. The molecule has 0 aliphatic carbocycles. The maximum atomic E-state index is 14.1. The van der Waals surface area contributed by atoms with Crippen molar-refractivity contribution >= 4 is 28.1 Å². The number of halogens is 4. The Bertz CT molecular complexity index is 1080. The highest BCUT2D eigenvalue weighted by Gasteiger charge is 2.33. The number of imidazole rings is 1. The molecule has 1 atom stereocenters. The number of fused-ring (bicyclic) bond motifs is 1. The molecular formula is C15H13F4N3O3S2. The lowest BCUT2D eigenvalue weighted by atomic mass is 9.94. The minimum atomic E-state index is -3.75. The number of nitrogens with zero attached hydrogens (tertiary/aromatic N) is 1. The van der Waals surface area contributed by atoms with Crippen LogP contribution in [0.15, 0.2) is 6.07 Å². The number of carbonyl (C=O) groups excluding carboxylic acids is 1. The van der Waals surface area contributed by atoms with E-state index in [1.165, 1.54) is 4.57 Å². The Morgan fingerprint density at radius 2 is 1.89 bits per heavy atom. The summed E-state index contributed by atoms with van der Waals surface area (Å²) in [4.78, 5) is 14.6. The van der Waals surface area contributed by atoms with E-state index in [0.717, 1.165) is 6.26 Å². The van der Waals surface area contributed by atoms with Crippen LogP contribution >= 0.6 is 12.2 Å². The van der Waals surface area contributed by atoms with Gasteiger partial charge in [-0.1, -0.05) is 0 Å². The Hall–Kier alpha value is -2.21. The van der Waals surface area contributed by atoms with Gasteiger partial charge in [-0.2, -0.15) is 0 Å². The van der Waals surface area contributed by atoms with Crippen LogP contribution in [0, 0.1) is 28.0 Å². The molecule has 0 spiro atoms. The van der Waals surface area contributed by atoms with Crippen molar-refractivity contribution in [2.45, 2.75) is 25.3 Å². The highest BCUT2D eigenvalue weighted by Crippen LogP contribution is 2.36. The van der Waals surface area contributed by atoms with Crippen LogP contribution in [-0.2, 0) is 34.2 Å². The van der Waals surface area contributed by atoms with E-state index in [-0.39, 0.29) is 35.9 Å². The number of aromatic amines is 1. The largest absolute Gasteiger partial charge is 0.334 e. The number of amides is 1. The third-order valence-electron chi connectivity index (χ3n) is 4.21. The summed E-state index contributed by atoms with van der Waals surface area (Å²) in [6, 6.07) is 0.136. The molecule has 0 bridgehead atoms. The fraction of sp³-hybridized carbons (Fsp3) is 0.333. The second-order valence-corrected chi connectivity index (χ2v) is 8.36. The van der Waals surface area contributed by atoms with E-state index in [9.17, 15) is 30.8 Å². The third-order valence-corrected chi connectivity index (χ3v) is 5.13. The molecule has 3 rings (SSSR count). The standard InChI is InChI=1S/C15H13F4N3O3S2/c1-27(24,25)21-11(23)4-9-10-2-6(5-22(10)15(26)20-9)12-13(18)7(16)3-8(17)14(12)19/h3,6H,2,4-5H2,1H3,(H,20,26)(H,21,23). The van der Waals surface area contributed by atoms with Crippen molar-refractivity contribution in [3.63, 3.8) is 0 Å². The molecule has 2 N–H and O–H groups in total. The van der Waals surface area contributed by atoms with Crippen molar-refractivity contribution in [1.29, 1.82) is 0 Å². The minimum absolute atomic E-state index is 0.0363. The average Bonchev–Trinajstić information content (AvgIpc) is 3.06. The van der Waals surface area contributed by atoms with Crippen LogP contribution in [0.3, 0.4) is 0 Å². The van der Waals surface area contributed by atoms with Gasteiger partial charge in [-0.25, -0.2) is 26.0 Å². The van der Waals surface area contributed by atoms with Crippen molar-refractivity contribution < 1.29 is 30.8 Å². The molecule has 2 aromatic rings. The van der Waals surface area contributed by atoms with Gasteiger partial charge in [-0.15, -0.1) is 0 Å². The second-order valence-electron chi connectivity index (χ2n) is 6.22. The van der Waals surface area contributed by atoms with E-state index >= 15 is 0 Å². The number of aromatic nitrogens is 2. The topological polar surface area (TPSA) is 84.0 Å². The van der Waals surface area contributed by atoms with Crippen molar-refractivity contribution in [3.8, 4) is 0 Å². The first-order chi connectivity index (χ1) is 12.5. The van der Waals surface area contributed by atoms with Gasteiger partial charge in [0.15, 0.2) is 28.0 Å². The zero-order chi connectivity index (χ0) is 20.1. The minimum Gasteiger partial charge on any atom is -0.334 e. The lowest BCUT2D eigenvalue weighted by Gasteiger charge is -2.13. The predicted molar refractivity (Wildman–Crippen MR) is 89.0 cm³/mol. The highest BCUT2D eigenvalue weighted by molar-refractivity contribution is 7.89. The van der Waals surface area contributed by atoms with Crippen LogP contribution < -0.4 is 4.72 Å². The van der Waals surface area contributed by atoms with E-state index < -0.39 is 50.7 Å². The summed E-state index contributed by atoms with van der Waals surface area (Å²) in [7, 11) is -3.75. The smallest absolute Gasteiger partial charge is 0.239 e. The first kappa shape index (κ1) is 19.5. The molecule has 1 amide bonds. The van der Waals surface area contributed by atoms with Gasteiger partial charge >= 0.3 is 0 Å². The third kappa shape index (κ3) is 3.76. The maximum Gasteiger partial charge on any atom is 0.239 e. The van der Waals surface area contributed by atoms with Crippen LogP contribution in [0.1, 0.15) is 22.9 Å². The van der Waals surface area contributed by atoms with Gasteiger partial charge < -0.3 is 9.55 Å². The van der Waals surface area contributed by atoms with Gasteiger partial charge in [0, 0.05) is 35.5 Å². The monoisotopic (exact) mass is 423 g/mol. The molecule has 0 fully saturated rings. The molecule has 27 heavy (non-hydrogen) atoms. The molecule has 1 unspecified atom stereocenters. The van der Waals surface area contributed by atoms with E-state index in [2.05, 4.69) is 4.98 Å². The van der Waals surface area contributed by atoms with Crippen LogP contribution in [0.25, 0.3) is 0 Å². The van der Waals surface area contributed by atoms with E-state index in [1.807, 2.05) is 0 Å². The molecule has 6 nitrogen and oxygen atoms in total. The fourth-order valence-electron chi connectivity index (χ4n) is 3.19. The zero-order valence-corrected chi connectivity index (χ0v) is 15.4. The lowest BCUT2D eigenvalue weighted by Crippen LogP contribution is -2.31. The van der Waals surface area contributed by atoms with Crippen LogP contribution in [0.4, 0.5) is 17.6 Å². The van der Waals surface area contributed by atoms with Crippen molar-refractivity contribution in [1.82, 2.24) is 14.3 Å². The fourth-order valence-corrected chi connectivity index (χ4v) is 3.99. The molecule has 146 valence electrons. The summed E-state index contributed by atoms with van der Waals surface area (Å²) in [5.74, 6) is -7.71. The van der Waals surface area contributed by atoms with E-state index in [4.69, 9.17) is 12.2 Å². The molecule has 1 aliphatic heterocycles. The van der Waals surface area contributed by atoms with Gasteiger partial charge in [0.1, 0.15) is 0 Å². The van der Waals surface area contributed by atoms with E-state index in [1.54, 1.807) is 4.72 Å². The summed E-state index contributed by atoms with van der Waals surface area (Å²) < 4.78 is 80.8. The second kappa shape index (κ2) is 6.75. The number of sulfonamides is 1. The summed E-state index contributed by atoms with van der Waals surface area (Å²) in [5, 5.41) is 0. The summed E-state index contributed by atoms with van der Waals surface area (Å²) in [6.45, 7) is -0.0465. The van der Waals surface area contributed by atoms with Gasteiger partial charge in [0.05, 0.1) is 12.7 Å². The Kier molecular flexibility index (Phi) is 4.89. The SMILES string of the molecule is CS(=O)(=O)NC(=O)Cc1[nH]c(=S)n2c1CC(c1c(F)c(F)cc(F)c1F)C2.